The Morgan fingerprint density at radius 1 is 1.40 bits per heavy atom. The van der Waals surface area contributed by atoms with Crippen molar-refractivity contribution in [1.29, 1.82) is 0 Å². The van der Waals surface area contributed by atoms with Crippen LogP contribution in [0.25, 0.3) is 0 Å². The van der Waals surface area contributed by atoms with Gasteiger partial charge in [-0.3, -0.25) is 4.79 Å². The van der Waals surface area contributed by atoms with Gasteiger partial charge in [0.05, 0.1) is 6.10 Å². The van der Waals surface area contributed by atoms with E-state index in [-0.39, 0.29) is 0 Å². The Balaban J connectivity index is 2.03. The summed E-state index contributed by atoms with van der Waals surface area (Å²) in [5.74, 6) is 1.10. The molecule has 2 heteroatoms. The highest BCUT2D eigenvalue weighted by atomic mass is 16.5. The van der Waals surface area contributed by atoms with Gasteiger partial charge in [0.15, 0.2) is 0 Å². The average molecular weight is 140 g/mol. The third-order valence-electron chi connectivity index (χ3n) is 2.57. The van der Waals surface area contributed by atoms with Gasteiger partial charge in [-0.05, 0) is 18.8 Å². The van der Waals surface area contributed by atoms with Crippen molar-refractivity contribution in [3.8, 4) is 0 Å². The Morgan fingerprint density at radius 3 is 3.20 bits per heavy atom. The molecule has 0 aromatic rings. The average Bonchev–Trinajstić information content (AvgIpc) is 2.33. The number of fused-ring (bicyclic) bond motifs is 1. The van der Waals surface area contributed by atoms with Crippen LogP contribution in [-0.4, -0.2) is 18.5 Å². The van der Waals surface area contributed by atoms with E-state index in [1.165, 1.54) is 6.42 Å². The van der Waals surface area contributed by atoms with Gasteiger partial charge in [0, 0.05) is 19.4 Å². The first-order valence-corrected chi connectivity index (χ1v) is 3.99. The fraction of sp³-hybridized carbons (Fsp3) is 0.875. The molecule has 1 saturated carbocycles. The van der Waals surface area contributed by atoms with Crippen LogP contribution in [-0.2, 0) is 9.53 Å². The molecule has 0 aromatic heterocycles. The molecule has 2 nitrogen and oxygen atoms in total. The van der Waals surface area contributed by atoms with E-state index >= 15 is 0 Å². The molecule has 2 unspecified atom stereocenters. The van der Waals surface area contributed by atoms with Crippen molar-refractivity contribution >= 4 is 5.78 Å². The Bertz CT molecular complexity index is 153. The fourth-order valence-electron chi connectivity index (χ4n) is 1.92. The fourth-order valence-corrected chi connectivity index (χ4v) is 1.92. The highest BCUT2D eigenvalue weighted by molar-refractivity contribution is 5.79. The minimum Gasteiger partial charge on any atom is -0.377 e. The molecule has 0 amide bonds. The second-order valence-electron chi connectivity index (χ2n) is 3.24. The van der Waals surface area contributed by atoms with E-state index in [0.717, 1.165) is 19.4 Å². The van der Waals surface area contributed by atoms with Crippen molar-refractivity contribution in [2.45, 2.75) is 31.8 Å². The normalized spacial score (nSPS) is 39.8. The number of ketones is 1. The second-order valence-corrected chi connectivity index (χ2v) is 3.24. The van der Waals surface area contributed by atoms with Crippen molar-refractivity contribution in [3.05, 3.63) is 0 Å². The van der Waals surface area contributed by atoms with E-state index < -0.39 is 0 Å². The van der Waals surface area contributed by atoms with Gasteiger partial charge in [-0.15, -0.1) is 0 Å². The molecule has 0 spiro atoms. The van der Waals surface area contributed by atoms with Crippen molar-refractivity contribution in [2.75, 3.05) is 6.61 Å². The Labute approximate surface area is 60.6 Å². The molecule has 0 radical (unpaired) electrons. The van der Waals surface area contributed by atoms with Crippen molar-refractivity contribution in [3.63, 3.8) is 0 Å². The Kier molecular flexibility index (Phi) is 1.49. The largest absolute Gasteiger partial charge is 0.377 e. The molecule has 1 saturated heterocycles. The molecule has 0 N–H and O–H groups in total. The number of hydrogen-bond acceptors (Lipinski definition) is 2. The molecule has 0 aromatic carbocycles. The standard InChI is InChI=1S/C8H12O2/c9-7-2-1-6-3-4-10-8(6)5-7/h6,8H,1-5H2. The van der Waals surface area contributed by atoms with E-state index in [9.17, 15) is 4.79 Å². The molecule has 1 aliphatic carbocycles. The highest BCUT2D eigenvalue weighted by Gasteiger charge is 2.33. The summed E-state index contributed by atoms with van der Waals surface area (Å²) in [6.45, 7) is 0.878. The molecule has 2 rings (SSSR count). The van der Waals surface area contributed by atoms with Crippen LogP contribution in [0.4, 0.5) is 0 Å². The molecule has 2 fully saturated rings. The smallest absolute Gasteiger partial charge is 0.135 e. The molecule has 2 aliphatic rings. The molecule has 2 atom stereocenters. The van der Waals surface area contributed by atoms with E-state index in [0.29, 0.717) is 24.2 Å². The minimum absolute atomic E-state index is 0.293. The predicted molar refractivity (Wildman–Crippen MR) is 36.7 cm³/mol. The van der Waals surface area contributed by atoms with Crippen LogP contribution in [0, 0.1) is 5.92 Å². The van der Waals surface area contributed by atoms with E-state index in [2.05, 4.69) is 0 Å². The van der Waals surface area contributed by atoms with E-state index in [4.69, 9.17) is 4.74 Å². The zero-order valence-corrected chi connectivity index (χ0v) is 6.01. The van der Waals surface area contributed by atoms with Gasteiger partial charge in [0.1, 0.15) is 5.78 Å². The van der Waals surface area contributed by atoms with Gasteiger partial charge < -0.3 is 4.74 Å². The first-order chi connectivity index (χ1) is 4.86. The zero-order valence-electron chi connectivity index (χ0n) is 6.01. The number of hydrogen-bond donors (Lipinski definition) is 0. The zero-order chi connectivity index (χ0) is 6.97. The van der Waals surface area contributed by atoms with Crippen LogP contribution in [0.1, 0.15) is 25.7 Å². The van der Waals surface area contributed by atoms with E-state index in [1.54, 1.807) is 0 Å². The summed E-state index contributed by atoms with van der Waals surface area (Å²) in [5.41, 5.74) is 0. The van der Waals surface area contributed by atoms with Crippen LogP contribution in [0.5, 0.6) is 0 Å². The number of ether oxygens (including phenoxy) is 1. The maximum absolute atomic E-state index is 10.9. The number of rotatable bonds is 0. The van der Waals surface area contributed by atoms with Crippen LogP contribution < -0.4 is 0 Å². The lowest BCUT2D eigenvalue weighted by molar-refractivity contribution is -0.124. The van der Waals surface area contributed by atoms with Crippen LogP contribution in [0.15, 0.2) is 0 Å². The lowest BCUT2D eigenvalue weighted by Gasteiger charge is -2.22. The van der Waals surface area contributed by atoms with Gasteiger partial charge in [-0.1, -0.05) is 0 Å². The van der Waals surface area contributed by atoms with Crippen molar-refractivity contribution in [1.82, 2.24) is 0 Å². The van der Waals surface area contributed by atoms with Crippen molar-refractivity contribution < 1.29 is 9.53 Å². The lowest BCUT2D eigenvalue weighted by Crippen LogP contribution is -2.25. The summed E-state index contributed by atoms with van der Waals surface area (Å²) in [6.07, 6.45) is 4.03. The summed E-state index contributed by atoms with van der Waals surface area (Å²) in [4.78, 5) is 10.9. The molecule has 56 valence electrons. The van der Waals surface area contributed by atoms with E-state index in [1.807, 2.05) is 0 Å². The monoisotopic (exact) mass is 140 g/mol. The Morgan fingerprint density at radius 2 is 2.30 bits per heavy atom. The molecule has 0 bridgehead atoms. The van der Waals surface area contributed by atoms with Gasteiger partial charge >= 0.3 is 0 Å². The SMILES string of the molecule is O=C1CCC2CCOC2C1. The minimum atomic E-state index is 0.293. The topological polar surface area (TPSA) is 26.3 Å². The highest BCUT2D eigenvalue weighted by Crippen LogP contribution is 2.32. The van der Waals surface area contributed by atoms with Crippen molar-refractivity contribution in [2.24, 2.45) is 5.92 Å². The predicted octanol–water partition coefficient (Wildman–Crippen LogP) is 1.14. The number of carbonyl (C=O) groups excluding carboxylic acids is 1. The van der Waals surface area contributed by atoms with Gasteiger partial charge in [0.2, 0.25) is 0 Å². The molecular formula is C8H12O2. The number of carbonyl (C=O) groups is 1. The second kappa shape index (κ2) is 2.35. The summed E-state index contributed by atoms with van der Waals surface area (Å²) >= 11 is 0. The lowest BCUT2D eigenvalue weighted by atomic mass is 9.86. The molecular weight excluding hydrogens is 128 g/mol. The maximum atomic E-state index is 10.9. The first kappa shape index (κ1) is 6.35. The van der Waals surface area contributed by atoms with Gasteiger partial charge in [-0.2, -0.15) is 0 Å². The summed E-state index contributed by atoms with van der Waals surface area (Å²) in [5, 5.41) is 0. The third-order valence-corrected chi connectivity index (χ3v) is 2.57. The quantitative estimate of drug-likeness (QED) is 0.504. The Hall–Kier alpha value is -0.370. The number of Topliss-reactive ketones (excluding diaryl/α,β-unsaturated/α-hetero) is 1. The summed E-state index contributed by atoms with van der Waals surface area (Å²) in [7, 11) is 0. The summed E-state index contributed by atoms with van der Waals surface area (Å²) in [6, 6.07) is 0. The van der Waals surface area contributed by atoms with Gasteiger partial charge in [0.25, 0.3) is 0 Å². The third kappa shape index (κ3) is 0.966. The van der Waals surface area contributed by atoms with Gasteiger partial charge in [-0.25, -0.2) is 0 Å². The molecule has 1 aliphatic heterocycles. The van der Waals surface area contributed by atoms with Crippen LogP contribution in [0.2, 0.25) is 0 Å². The molecule has 10 heavy (non-hydrogen) atoms. The van der Waals surface area contributed by atoms with Crippen LogP contribution >= 0.6 is 0 Å². The summed E-state index contributed by atoms with van der Waals surface area (Å²) < 4.78 is 5.41. The first-order valence-electron chi connectivity index (χ1n) is 3.99. The maximum Gasteiger partial charge on any atom is 0.135 e. The molecule has 1 heterocycles. The van der Waals surface area contributed by atoms with Crippen LogP contribution in [0.3, 0.4) is 0 Å².